The minimum Gasteiger partial charge on any atom is -0.395 e. The maximum absolute atomic E-state index is 12.4. The van der Waals surface area contributed by atoms with Gasteiger partial charge in [0.25, 0.3) is 5.91 Å². The number of aliphatic hydroxyl groups is 1. The Kier molecular flexibility index (Phi) is 7.56. The van der Waals surface area contributed by atoms with Gasteiger partial charge in [0, 0.05) is 31.1 Å². The molecule has 0 fully saturated rings. The molecule has 0 saturated heterocycles. The summed E-state index contributed by atoms with van der Waals surface area (Å²) in [5.74, 6) is 5.96. The largest absolute Gasteiger partial charge is 0.395 e. The molecular weight excluding hydrogens is 262 g/mol. The van der Waals surface area contributed by atoms with E-state index < -0.39 is 0 Å². The van der Waals surface area contributed by atoms with Crippen molar-refractivity contribution in [1.29, 1.82) is 0 Å². The fourth-order valence-corrected chi connectivity index (χ4v) is 2.02. The summed E-state index contributed by atoms with van der Waals surface area (Å²) in [5, 5.41) is 8.77. The SMILES string of the molecule is CCCCCN(C)C(=O)c1ccc(C)c(C#CCCO)c1. The third kappa shape index (κ3) is 5.61. The lowest BCUT2D eigenvalue weighted by Gasteiger charge is -2.17. The molecule has 0 unspecified atom stereocenters. The van der Waals surface area contributed by atoms with E-state index in [0.717, 1.165) is 36.9 Å². The van der Waals surface area contributed by atoms with Gasteiger partial charge in [0.05, 0.1) is 6.61 Å². The van der Waals surface area contributed by atoms with Crippen LogP contribution < -0.4 is 0 Å². The predicted octanol–water partition coefficient (Wildman–Crippen LogP) is 2.99. The van der Waals surface area contributed by atoms with Crippen molar-refractivity contribution in [3.8, 4) is 11.8 Å². The molecule has 0 aliphatic rings. The molecule has 3 heteroatoms. The molecular formula is C18H25NO2. The summed E-state index contributed by atoms with van der Waals surface area (Å²) in [6.45, 7) is 4.97. The smallest absolute Gasteiger partial charge is 0.253 e. The quantitative estimate of drug-likeness (QED) is 0.645. The molecule has 0 radical (unpaired) electrons. The molecule has 1 N–H and O–H groups in total. The van der Waals surface area contributed by atoms with Crippen LogP contribution in [0.4, 0.5) is 0 Å². The third-order valence-electron chi connectivity index (χ3n) is 3.39. The lowest BCUT2D eigenvalue weighted by atomic mass is 10.0. The van der Waals surface area contributed by atoms with Crippen molar-refractivity contribution in [1.82, 2.24) is 4.90 Å². The van der Waals surface area contributed by atoms with E-state index >= 15 is 0 Å². The Labute approximate surface area is 128 Å². The van der Waals surface area contributed by atoms with Crippen molar-refractivity contribution < 1.29 is 9.90 Å². The zero-order chi connectivity index (χ0) is 15.7. The Bertz CT molecular complexity index is 526. The average Bonchev–Trinajstić information content (AvgIpc) is 2.48. The van der Waals surface area contributed by atoms with Gasteiger partial charge in [-0.1, -0.05) is 37.7 Å². The summed E-state index contributed by atoms with van der Waals surface area (Å²) in [4.78, 5) is 14.1. The second-order valence-corrected chi connectivity index (χ2v) is 5.24. The first-order valence-corrected chi connectivity index (χ1v) is 7.56. The summed E-state index contributed by atoms with van der Waals surface area (Å²) < 4.78 is 0. The van der Waals surface area contributed by atoms with Crippen LogP contribution >= 0.6 is 0 Å². The van der Waals surface area contributed by atoms with Crippen molar-refractivity contribution >= 4 is 5.91 Å². The number of unbranched alkanes of at least 4 members (excludes halogenated alkanes) is 2. The zero-order valence-electron chi connectivity index (χ0n) is 13.3. The Balaban J connectivity index is 2.81. The van der Waals surface area contributed by atoms with Gasteiger partial charge in [0.1, 0.15) is 0 Å². The van der Waals surface area contributed by atoms with Gasteiger partial charge in [-0.2, -0.15) is 0 Å². The normalized spacial score (nSPS) is 9.90. The van der Waals surface area contributed by atoms with E-state index in [1.165, 1.54) is 0 Å². The van der Waals surface area contributed by atoms with E-state index in [0.29, 0.717) is 12.0 Å². The highest BCUT2D eigenvalue weighted by Gasteiger charge is 2.12. The van der Waals surface area contributed by atoms with Gasteiger partial charge in [0.2, 0.25) is 0 Å². The maximum atomic E-state index is 12.4. The van der Waals surface area contributed by atoms with Crippen LogP contribution in [0, 0.1) is 18.8 Å². The van der Waals surface area contributed by atoms with Crippen molar-refractivity contribution in [2.24, 2.45) is 0 Å². The van der Waals surface area contributed by atoms with Crippen molar-refractivity contribution in [3.63, 3.8) is 0 Å². The van der Waals surface area contributed by atoms with Gasteiger partial charge >= 0.3 is 0 Å². The number of amides is 1. The van der Waals surface area contributed by atoms with Crippen molar-refractivity contribution in [3.05, 3.63) is 34.9 Å². The molecule has 0 atom stereocenters. The maximum Gasteiger partial charge on any atom is 0.253 e. The lowest BCUT2D eigenvalue weighted by molar-refractivity contribution is 0.0792. The van der Waals surface area contributed by atoms with Gasteiger partial charge in [0.15, 0.2) is 0 Å². The molecule has 3 nitrogen and oxygen atoms in total. The minimum atomic E-state index is 0.0383. The van der Waals surface area contributed by atoms with Crippen LogP contribution in [-0.4, -0.2) is 36.1 Å². The van der Waals surface area contributed by atoms with Crippen molar-refractivity contribution in [2.45, 2.75) is 39.5 Å². The topological polar surface area (TPSA) is 40.5 Å². The van der Waals surface area contributed by atoms with E-state index in [-0.39, 0.29) is 12.5 Å². The standard InChI is InChI=1S/C18H25NO2/c1-4-5-7-12-19(3)18(21)17-11-10-15(2)16(14-17)9-6-8-13-20/h10-11,14,20H,4-5,7-8,12-13H2,1-3H3. The van der Waals surface area contributed by atoms with Crippen LogP contribution in [0.25, 0.3) is 0 Å². The Morgan fingerprint density at radius 2 is 2.10 bits per heavy atom. The first kappa shape index (κ1) is 17.3. The number of nitrogens with zero attached hydrogens (tertiary/aromatic N) is 1. The molecule has 1 amide bonds. The van der Waals surface area contributed by atoms with E-state index in [1.807, 2.05) is 32.2 Å². The fraction of sp³-hybridized carbons (Fsp3) is 0.500. The molecule has 0 bridgehead atoms. The van der Waals surface area contributed by atoms with Crippen LogP contribution in [0.3, 0.4) is 0 Å². The van der Waals surface area contributed by atoms with E-state index in [1.54, 1.807) is 4.90 Å². The summed E-state index contributed by atoms with van der Waals surface area (Å²) in [5.41, 5.74) is 2.58. The number of aliphatic hydroxyl groups excluding tert-OH is 1. The van der Waals surface area contributed by atoms with Crippen molar-refractivity contribution in [2.75, 3.05) is 20.2 Å². The first-order valence-electron chi connectivity index (χ1n) is 7.56. The minimum absolute atomic E-state index is 0.0383. The number of hydrogen-bond donors (Lipinski definition) is 1. The lowest BCUT2D eigenvalue weighted by Crippen LogP contribution is -2.27. The summed E-state index contributed by atoms with van der Waals surface area (Å²) in [7, 11) is 1.84. The van der Waals surface area contributed by atoms with Gasteiger partial charge in [-0.25, -0.2) is 0 Å². The van der Waals surface area contributed by atoms with E-state index in [9.17, 15) is 4.79 Å². The molecule has 1 aromatic rings. The number of benzene rings is 1. The highest BCUT2D eigenvalue weighted by atomic mass is 16.2. The Morgan fingerprint density at radius 3 is 2.76 bits per heavy atom. The summed E-state index contributed by atoms with van der Waals surface area (Å²) in [6, 6.07) is 5.62. The second-order valence-electron chi connectivity index (χ2n) is 5.24. The Morgan fingerprint density at radius 1 is 1.33 bits per heavy atom. The highest BCUT2D eigenvalue weighted by molar-refractivity contribution is 5.94. The molecule has 0 saturated carbocycles. The highest BCUT2D eigenvalue weighted by Crippen LogP contribution is 2.12. The fourth-order valence-electron chi connectivity index (χ4n) is 2.02. The number of hydrogen-bond acceptors (Lipinski definition) is 2. The number of aryl methyl sites for hydroxylation is 1. The molecule has 0 aliphatic heterocycles. The van der Waals surface area contributed by atoms with Gasteiger partial charge in [-0.3, -0.25) is 4.79 Å². The van der Waals surface area contributed by atoms with Gasteiger partial charge < -0.3 is 10.0 Å². The van der Waals surface area contributed by atoms with Crippen LogP contribution in [0.2, 0.25) is 0 Å². The Hall–Kier alpha value is -1.79. The van der Waals surface area contributed by atoms with Crippen LogP contribution in [0.5, 0.6) is 0 Å². The first-order chi connectivity index (χ1) is 10.1. The average molecular weight is 287 g/mol. The van der Waals surface area contributed by atoms with Crippen LogP contribution in [0.15, 0.2) is 18.2 Å². The molecule has 1 rings (SSSR count). The molecule has 1 aromatic carbocycles. The second kappa shape index (κ2) is 9.20. The molecule has 114 valence electrons. The summed E-state index contributed by atoms with van der Waals surface area (Å²) in [6.07, 6.45) is 3.78. The van der Waals surface area contributed by atoms with Gasteiger partial charge in [-0.05, 0) is 31.0 Å². The summed E-state index contributed by atoms with van der Waals surface area (Å²) >= 11 is 0. The molecule has 21 heavy (non-hydrogen) atoms. The zero-order valence-corrected chi connectivity index (χ0v) is 13.3. The van der Waals surface area contributed by atoms with Gasteiger partial charge in [-0.15, -0.1) is 0 Å². The van der Waals surface area contributed by atoms with E-state index in [4.69, 9.17) is 5.11 Å². The number of carbonyl (C=O) groups excluding carboxylic acids is 1. The monoisotopic (exact) mass is 287 g/mol. The number of carbonyl (C=O) groups is 1. The predicted molar refractivity (Wildman–Crippen MR) is 86.2 cm³/mol. The molecule has 0 aromatic heterocycles. The third-order valence-corrected chi connectivity index (χ3v) is 3.39. The van der Waals surface area contributed by atoms with Crippen LogP contribution in [-0.2, 0) is 0 Å². The van der Waals surface area contributed by atoms with E-state index in [2.05, 4.69) is 18.8 Å². The molecule has 0 heterocycles. The number of rotatable bonds is 6. The molecule has 0 aliphatic carbocycles. The molecule has 0 spiro atoms. The van der Waals surface area contributed by atoms with Crippen LogP contribution in [0.1, 0.15) is 54.1 Å².